The first kappa shape index (κ1) is 17.6. The van der Waals surface area contributed by atoms with Gasteiger partial charge in [0.05, 0.1) is 11.4 Å². The number of ether oxygens (including phenoxy) is 1. The summed E-state index contributed by atoms with van der Waals surface area (Å²) < 4.78 is 40.5. The molecule has 3 N–H and O–H groups in total. The van der Waals surface area contributed by atoms with Gasteiger partial charge in [-0.2, -0.15) is 0 Å². The Kier molecular flexibility index (Phi) is 4.26. The molecule has 2 aromatic rings. The maximum atomic E-state index is 12.2. The minimum atomic E-state index is -4.75. The number of aliphatic hydroxyl groups is 1. The summed E-state index contributed by atoms with van der Waals surface area (Å²) in [6.07, 6.45) is -1.17. The first-order valence-electron chi connectivity index (χ1n) is 7.30. The molecule has 0 fully saturated rings. The zero-order chi connectivity index (χ0) is 17.6. The number of hydrogen-bond acceptors (Lipinski definition) is 4. The lowest BCUT2D eigenvalue weighted by atomic mass is 10.1. The lowest BCUT2D eigenvalue weighted by Gasteiger charge is -2.24. The molecule has 9 heteroatoms. The van der Waals surface area contributed by atoms with Crippen LogP contribution in [0.2, 0.25) is 0 Å². The molecule has 0 bridgehead atoms. The van der Waals surface area contributed by atoms with E-state index in [4.69, 9.17) is 0 Å². The summed E-state index contributed by atoms with van der Waals surface area (Å²) in [6.45, 7) is 0. The highest BCUT2D eigenvalue weighted by Gasteiger charge is 2.35. The highest BCUT2D eigenvalue weighted by molar-refractivity contribution is 5.78. The highest BCUT2D eigenvalue weighted by Crippen LogP contribution is 2.37. The van der Waals surface area contributed by atoms with E-state index in [-0.39, 0.29) is 17.1 Å². The fourth-order valence-corrected chi connectivity index (χ4v) is 2.66. The fraction of sp³-hybridized carbons (Fsp3) is 0.0588. The van der Waals surface area contributed by atoms with Crippen molar-refractivity contribution in [3.05, 3.63) is 71.8 Å². The van der Waals surface area contributed by atoms with Crippen LogP contribution >= 0.6 is 0 Å². The summed E-state index contributed by atoms with van der Waals surface area (Å²) >= 11 is 0. The largest absolute Gasteiger partial charge is 0.573 e. The first-order valence-corrected chi connectivity index (χ1v) is 7.30. The Balaban J connectivity index is 0.00000196. The topological polar surface area (TPSA) is 81.5 Å². The van der Waals surface area contributed by atoms with Gasteiger partial charge in [-0.05, 0) is 47.5 Å². The molecule has 2 heterocycles. The number of para-hydroxylation sites is 1. The van der Waals surface area contributed by atoms with Crippen molar-refractivity contribution >= 4 is 17.5 Å². The molecule has 0 saturated heterocycles. The van der Waals surface area contributed by atoms with Crippen molar-refractivity contribution < 1.29 is 28.5 Å². The third kappa shape index (κ3) is 3.05. The molecule has 0 unspecified atom stereocenters. The standard InChI is InChI=1S/C17H11F3N3O2.H2O/c18-17(19,20)25-13-8-6-12(7-9-13)22-16(24)15-10-5-11-3-1-2-4-14(11)23(15)21-22;/h1-10,24H;1H2. The van der Waals surface area contributed by atoms with Gasteiger partial charge in [-0.15, -0.1) is 13.2 Å². The average molecular weight is 364 g/mol. The molecule has 0 amide bonds. The van der Waals surface area contributed by atoms with Crippen molar-refractivity contribution in [3.8, 4) is 5.75 Å². The van der Waals surface area contributed by atoms with E-state index in [0.29, 0.717) is 11.4 Å². The van der Waals surface area contributed by atoms with Crippen LogP contribution in [0.15, 0.2) is 66.2 Å². The van der Waals surface area contributed by atoms with Crippen molar-refractivity contribution in [1.29, 1.82) is 0 Å². The number of aliphatic hydroxyl groups excluding tert-OH is 1. The fourth-order valence-electron chi connectivity index (χ4n) is 2.66. The van der Waals surface area contributed by atoms with Gasteiger partial charge in [0, 0.05) is 0 Å². The lowest BCUT2D eigenvalue weighted by molar-refractivity contribution is -0.274. The van der Waals surface area contributed by atoms with E-state index >= 15 is 0 Å². The Labute approximate surface area is 146 Å². The number of hydrogen-bond donors (Lipinski definition) is 1. The van der Waals surface area contributed by atoms with Crippen LogP contribution in [0.5, 0.6) is 5.75 Å². The van der Waals surface area contributed by atoms with E-state index in [0.717, 1.165) is 23.4 Å². The highest BCUT2D eigenvalue weighted by atomic mass is 19.4. The van der Waals surface area contributed by atoms with Gasteiger partial charge in [0.2, 0.25) is 5.88 Å². The molecule has 0 aliphatic carbocycles. The van der Waals surface area contributed by atoms with Crippen molar-refractivity contribution in [3.63, 3.8) is 0 Å². The van der Waals surface area contributed by atoms with Crippen molar-refractivity contribution in [2.45, 2.75) is 6.36 Å². The van der Waals surface area contributed by atoms with Crippen molar-refractivity contribution in [2.24, 2.45) is 0 Å². The van der Waals surface area contributed by atoms with Gasteiger partial charge in [-0.3, -0.25) is 0 Å². The number of halogens is 3. The molecule has 135 valence electrons. The molecule has 2 aliphatic heterocycles. The summed E-state index contributed by atoms with van der Waals surface area (Å²) in [7, 11) is 0. The third-order valence-electron chi connectivity index (χ3n) is 3.74. The van der Waals surface area contributed by atoms with E-state index in [1.165, 1.54) is 17.1 Å². The van der Waals surface area contributed by atoms with Gasteiger partial charge in [-0.25, -0.2) is 10.0 Å². The third-order valence-corrected chi connectivity index (χ3v) is 3.74. The number of anilines is 2. The molecule has 6 nitrogen and oxygen atoms in total. The number of benzene rings is 2. The van der Waals surface area contributed by atoms with Crippen LogP contribution < -0.4 is 20.3 Å². The van der Waals surface area contributed by atoms with Gasteiger partial charge >= 0.3 is 6.36 Å². The second-order valence-corrected chi connectivity index (χ2v) is 5.36. The summed E-state index contributed by atoms with van der Waals surface area (Å²) in [5, 5.41) is 13.2. The molecule has 1 radical (unpaired) electrons. The van der Waals surface area contributed by atoms with E-state index in [9.17, 15) is 18.3 Å². The number of allylic oxidation sites excluding steroid dienone is 1. The summed E-state index contributed by atoms with van der Waals surface area (Å²) in [5.41, 5.74) is 6.96. The average Bonchev–Trinajstić information content (AvgIpc) is 2.92. The van der Waals surface area contributed by atoms with Gasteiger partial charge in [0.1, 0.15) is 11.4 Å². The van der Waals surface area contributed by atoms with Crippen LogP contribution in [0.25, 0.3) is 6.08 Å². The van der Waals surface area contributed by atoms with Gasteiger partial charge in [0.15, 0.2) is 0 Å². The van der Waals surface area contributed by atoms with Gasteiger partial charge in [0.25, 0.3) is 0 Å². The zero-order valence-corrected chi connectivity index (χ0v) is 13.1. The summed E-state index contributed by atoms with van der Waals surface area (Å²) in [6, 6.07) is 12.6. The smallest absolute Gasteiger partial charge is 0.492 e. The summed E-state index contributed by atoms with van der Waals surface area (Å²) in [5.74, 6) is -0.458. The normalized spacial score (nSPS) is 15.5. The van der Waals surface area contributed by atoms with Crippen LogP contribution in [-0.2, 0) is 0 Å². The molecular weight excluding hydrogens is 351 g/mol. The second kappa shape index (κ2) is 6.28. The maximum absolute atomic E-state index is 12.2. The van der Waals surface area contributed by atoms with Crippen molar-refractivity contribution in [2.75, 3.05) is 10.0 Å². The second-order valence-electron chi connectivity index (χ2n) is 5.36. The maximum Gasteiger partial charge on any atom is 0.573 e. The predicted octanol–water partition coefficient (Wildman–Crippen LogP) is 3.28. The van der Waals surface area contributed by atoms with Crippen LogP contribution in [0, 0.1) is 0 Å². The van der Waals surface area contributed by atoms with Crippen LogP contribution in [-0.4, -0.2) is 16.9 Å². The monoisotopic (exact) mass is 364 g/mol. The Morgan fingerprint density at radius 3 is 2.31 bits per heavy atom. The molecule has 26 heavy (non-hydrogen) atoms. The Bertz CT molecular complexity index is 879. The number of rotatable bonds is 2. The Hall–Kier alpha value is -3.17. The van der Waals surface area contributed by atoms with E-state index in [2.05, 4.69) is 10.3 Å². The molecule has 4 rings (SSSR count). The quantitative estimate of drug-likeness (QED) is 0.887. The molecule has 2 aromatic carbocycles. The number of nitrogens with zero attached hydrogens (tertiary/aromatic N) is 3. The molecule has 0 aromatic heterocycles. The molecule has 0 spiro atoms. The molecular formula is C17H13F3N3O3. The molecule has 2 aliphatic rings. The lowest BCUT2D eigenvalue weighted by Crippen LogP contribution is -2.35. The van der Waals surface area contributed by atoms with E-state index in [1.54, 1.807) is 11.1 Å². The summed E-state index contributed by atoms with van der Waals surface area (Å²) in [4.78, 5) is 0. The predicted molar refractivity (Wildman–Crippen MR) is 89.0 cm³/mol. The Morgan fingerprint density at radius 2 is 1.62 bits per heavy atom. The van der Waals surface area contributed by atoms with Crippen LogP contribution in [0.4, 0.5) is 24.5 Å². The molecule has 0 atom stereocenters. The minimum absolute atomic E-state index is 0. The van der Waals surface area contributed by atoms with Gasteiger partial charge < -0.3 is 15.3 Å². The van der Waals surface area contributed by atoms with E-state index < -0.39 is 6.36 Å². The molecule has 0 saturated carbocycles. The minimum Gasteiger partial charge on any atom is -0.492 e. The van der Waals surface area contributed by atoms with E-state index in [1.807, 2.05) is 30.3 Å². The number of alkyl halides is 3. The van der Waals surface area contributed by atoms with Crippen LogP contribution in [0.3, 0.4) is 0 Å². The zero-order valence-electron chi connectivity index (χ0n) is 13.1. The number of fused-ring (bicyclic) bond motifs is 3. The van der Waals surface area contributed by atoms with Crippen molar-refractivity contribution in [1.82, 2.24) is 5.53 Å². The first-order chi connectivity index (χ1) is 11.9. The van der Waals surface area contributed by atoms with Gasteiger partial charge in [-0.1, -0.05) is 24.3 Å². The van der Waals surface area contributed by atoms with Crippen LogP contribution in [0.1, 0.15) is 5.56 Å². The SMILES string of the molecule is O.OC1=C2C=Cc3ccccc3N2[N]N1c1ccc(OC(F)(F)F)cc1. The Morgan fingerprint density at radius 1 is 0.923 bits per heavy atom.